The third-order valence-corrected chi connectivity index (χ3v) is 3.69. The molecule has 0 bridgehead atoms. The van der Waals surface area contributed by atoms with E-state index in [0.29, 0.717) is 5.69 Å². The Balaban J connectivity index is 2.04. The fourth-order valence-corrected chi connectivity index (χ4v) is 2.07. The SMILES string of the molecule is Cc1cccc(NC(=O)C(=O)N(C)Cc2nccn2C)c1C. The van der Waals surface area contributed by atoms with Crippen molar-refractivity contribution in [1.29, 1.82) is 0 Å². The zero-order valence-corrected chi connectivity index (χ0v) is 13.3. The van der Waals surface area contributed by atoms with Crippen molar-refractivity contribution in [1.82, 2.24) is 14.5 Å². The average Bonchev–Trinajstić information content (AvgIpc) is 2.88. The van der Waals surface area contributed by atoms with Crippen LogP contribution in [0.25, 0.3) is 0 Å². The summed E-state index contributed by atoms with van der Waals surface area (Å²) in [5, 5.41) is 2.67. The number of hydrogen-bond acceptors (Lipinski definition) is 3. The zero-order valence-electron chi connectivity index (χ0n) is 13.3. The molecule has 1 heterocycles. The molecule has 1 aromatic heterocycles. The van der Waals surface area contributed by atoms with Gasteiger partial charge in [0.1, 0.15) is 5.82 Å². The van der Waals surface area contributed by atoms with E-state index in [2.05, 4.69) is 10.3 Å². The van der Waals surface area contributed by atoms with E-state index in [1.165, 1.54) is 4.90 Å². The van der Waals surface area contributed by atoms with Gasteiger partial charge in [0, 0.05) is 32.2 Å². The summed E-state index contributed by atoms with van der Waals surface area (Å²) >= 11 is 0. The summed E-state index contributed by atoms with van der Waals surface area (Å²) in [6.45, 7) is 4.15. The number of rotatable bonds is 3. The van der Waals surface area contributed by atoms with Crippen LogP contribution in [-0.2, 0) is 23.2 Å². The van der Waals surface area contributed by atoms with Crippen molar-refractivity contribution >= 4 is 17.5 Å². The average molecular weight is 300 g/mol. The van der Waals surface area contributed by atoms with Gasteiger partial charge in [-0.25, -0.2) is 4.98 Å². The van der Waals surface area contributed by atoms with Crippen LogP contribution in [0, 0.1) is 13.8 Å². The number of aromatic nitrogens is 2. The molecule has 0 saturated carbocycles. The predicted molar refractivity (Wildman–Crippen MR) is 84.2 cm³/mol. The minimum atomic E-state index is -0.648. The lowest BCUT2D eigenvalue weighted by atomic mass is 10.1. The van der Waals surface area contributed by atoms with Crippen molar-refractivity contribution in [3.05, 3.63) is 47.5 Å². The van der Waals surface area contributed by atoms with Crippen LogP contribution in [0.2, 0.25) is 0 Å². The van der Waals surface area contributed by atoms with Gasteiger partial charge < -0.3 is 14.8 Å². The van der Waals surface area contributed by atoms with Crippen molar-refractivity contribution in [3.8, 4) is 0 Å². The Morgan fingerprint density at radius 3 is 2.68 bits per heavy atom. The van der Waals surface area contributed by atoms with Crippen LogP contribution >= 0.6 is 0 Å². The number of anilines is 1. The van der Waals surface area contributed by atoms with Crippen LogP contribution in [0.5, 0.6) is 0 Å². The number of hydrogen-bond donors (Lipinski definition) is 1. The Hall–Kier alpha value is -2.63. The highest BCUT2D eigenvalue weighted by Gasteiger charge is 2.20. The van der Waals surface area contributed by atoms with E-state index < -0.39 is 11.8 Å². The summed E-state index contributed by atoms with van der Waals surface area (Å²) in [6.07, 6.45) is 3.45. The number of imidazole rings is 1. The molecule has 0 atom stereocenters. The number of amides is 2. The minimum absolute atomic E-state index is 0.280. The molecule has 0 aliphatic carbocycles. The van der Waals surface area contributed by atoms with Crippen LogP contribution in [-0.4, -0.2) is 33.3 Å². The van der Waals surface area contributed by atoms with E-state index in [1.54, 1.807) is 25.5 Å². The lowest BCUT2D eigenvalue weighted by Gasteiger charge is -2.17. The molecule has 22 heavy (non-hydrogen) atoms. The monoisotopic (exact) mass is 300 g/mol. The number of benzene rings is 1. The molecule has 2 rings (SSSR count). The first kappa shape index (κ1) is 15.8. The molecule has 2 amide bonds. The maximum atomic E-state index is 12.2. The highest BCUT2D eigenvalue weighted by Crippen LogP contribution is 2.18. The van der Waals surface area contributed by atoms with Crippen molar-refractivity contribution < 1.29 is 9.59 Å². The summed E-state index contributed by atoms with van der Waals surface area (Å²) in [5.41, 5.74) is 2.67. The van der Waals surface area contributed by atoms with Crippen LogP contribution in [0.15, 0.2) is 30.6 Å². The Labute approximate surface area is 129 Å². The quantitative estimate of drug-likeness (QED) is 0.876. The van der Waals surface area contributed by atoms with Gasteiger partial charge in [-0.2, -0.15) is 0 Å². The van der Waals surface area contributed by atoms with Gasteiger partial charge in [0.2, 0.25) is 0 Å². The van der Waals surface area contributed by atoms with Gasteiger partial charge in [0.05, 0.1) is 6.54 Å². The number of likely N-dealkylation sites (N-methyl/N-ethyl adjacent to an activating group) is 1. The third-order valence-electron chi connectivity index (χ3n) is 3.69. The lowest BCUT2D eigenvalue weighted by molar-refractivity contribution is -0.142. The summed E-state index contributed by atoms with van der Waals surface area (Å²) < 4.78 is 1.81. The Morgan fingerprint density at radius 2 is 2.05 bits per heavy atom. The number of carbonyl (C=O) groups is 2. The largest absolute Gasteiger partial charge is 0.337 e. The van der Waals surface area contributed by atoms with Gasteiger partial charge in [-0.3, -0.25) is 9.59 Å². The van der Waals surface area contributed by atoms with Crippen LogP contribution < -0.4 is 5.32 Å². The van der Waals surface area contributed by atoms with Crippen LogP contribution in [0.1, 0.15) is 17.0 Å². The fraction of sp³-hybridized carbons (Fsp3) is 0.312. The number of nitrogens with zero attached hydrogens (tertiary/aromatic N) is 3. The topological polar surface area (TPSA) is 67.2 Å². The second-order valence-electron chi connectivity index (χ2n) is 5.32. The normalized spacial score (nSPS) is 10.4. The molecule has 0 spiro atoms. The molecule has 0 aliphatic rings. The van der Waals surface area contributed by atoms with Gasteiger partial charge >= 0.3 is 11.8 Å². The van der Waals surface area contributed by atoms with E-state index in [-0.39, 0.29) is 6.54 Å². The molecule has 0 saturated heterocycles. The first-order valence-corrected chi connectivity index (χ1v) is 6.99. The second-order valence-corrected chi connectivity index (χ2v) is 5.32. The van der Waals surface area contributed by atoms with Crippen LogP contribution in [0.4, 0.5) is 5.69 Å². The lowest BCUT2D eigenvalue weighted by Crippen LogP contribution is -2.37. The zero-order chi connectivity index (χ0) is 16.3. The third kappa shape index (κ3) is 3.33. The summed E-state index contributed by atoms with van der Waals surface area (Å²) in [4.78, 5) is 29.8. The molecule has 1 N–H and O–H groups in total. The molecule has 0 radical (unpaired) electrons. The van der Waals surface area contributed by atoms with E-state index in [1.807, 2.05) is 37.6 Å². The van der Waals surface area contributed by atoms with E-state index in [9.17, 15) is 9.59 Å². The van der Waals surface area contributed by atoms with E-state index >= 15 is 0 Å². The molecule has 116 valence electrons. The van der Waals surface area contributed by atoms with Gasteiger partial charge in [0.25, 0.3) is 0 Å². The highest BCUT2D eigenvalue weighted by molar-refractivity contribution is 6.39. The molecule has 0 fully saturated rings. The Bertz CT molecular complexity index is 706. The van der Waals surface area contributed by atoms with Crippen molar-refractivity contribution in [2.45, 2.75) is 20.4 Å². The molecule has 6 nitrogen and oxygen atoms in total. The minimum Gasteiger partial charge on any atom is -0.337 e. The Kier molecular flexibility index (Phi) is 4.60. The van der Waals surface area contributed by atoms with Gasteiger partial charge in [-0.1, -0.05) is 12.1 Å². The smallest absolute Gasteiger partial charge is 0.313 e. The standard InChI is InChI=1S/C16H20N4O2/c1-11-6-5-7-13(12(11)2)18-15(21)16(22)20(4)10-14-17-8-9-19(14)3/h5-9H,10H2,1-4H3,(H,18,21). The first-order chi connectivity index (χ1) is 10.4. The number of aryl methyl sites for hydroxylation is 2. The highest BCUT2D eigenvalue weighted by atomic mass is 16.2. The molecule has 1 aromatic carbocycles. The van der Waals surface area contributed by atoms with Gasteiger partial charge in [-0.15, -0.1) is 0 Å². The molecule has 0 aliphatic heterocycles. The molecular formula is C16H20N4O2. The maximum absolute atomic E-state index is 12.2. The van der Waals surface area contributed by atoms with Crippen molar-refractivity contribution in [3.63, 3.8) is 0 Å². The van der Waals surface area contributed by atoms with Crippen molar-refractivity contribution in [2.75, 3.05) is 12.4 Å². The molecule has 2 aromatic rings. The molecule has 0 unspecified atom stereocenters. The number of carbonyl (C=O) groups excluding carboxylic acids is 2. The van der Waals surface area contributed by atoms with Gasteiger partial charge in [0.15, 0.2) is 0 Å². The fourth-order valence-electron chi connectivity index (χ4n) is 2.07. The summed E-state index contributed by atoms with van der Waals surface area (Å²) in [6, 6.07) is 5.59. The summed E-state index contributed by atoms with van der Waals surface area (Å²) in [5.74, 6) is -0.523. The Morgan fingerprint density at radius 1 is 1.32 bits per heavy atom. The van der Waals surface area contributed by atoms with Crippen molar-refractivity contribution in [2.24, 2.45) is 7.05 Å². The maximum Gasteiger partial charge on any atom is 0.313 e. The van der Waals surface area contributed by atoms with E-state index in [4.69, 9.17) is 0 Å². The number of nitrogens with one attached hydrogen (secondary N) is 1. The predicted octanol–water partition coefficient (Wildman–Crippen LogP) is 1.63. The van der Waals surface area contributed by atoms with Crippen LogP contribution in [0.3, 0.4) is 0 Å². The first-order valence-electron chi connectivity index (χ1n) is 6.99. The second kappa shape index (κ2) is 6.43. The van der Waals surface area contributed by atoms with Gasteiger partial charge in [-0.05, 0) is 31.0 Å². The molecular weight excluding hydrogens is 280 g/mol. The molecule has 6 heteroatoms. The summed E-state index contributed by atoms with van der Waals surface area (Å²) in [7, 11) is 3.43. The van der Waals surface area contributed by atoms with E-state index in [0.717, 1.165) is 17.0 Å².